The van der Waals surface area contributed by atoms with Gasteiger partial charge in [-0.3, -0.25) is 0 Å². The molecule has 10 heavy (non-hydrogen) atoms. The molecule has 0 amide bonds. The molecule has 0 heterocycles. The molecule has 0 aromatic carbocycles. The quantitative estimate of drug-likeness (QED) is 0.312. The van der Waals surface area contributed by atoms with Crippen molar-refractivity contribution in [1.29, 1.82) is 0 Å². The average Bonchev–Trinajstić information content (AvgIpc) is 0. The molecule has 0 atom stereocenters. The summed E-state index contributed by atoms with van der Waals surface area (Å²) in [4.78, 5) is 0. The van der Waals surface area contributed by atoms with Gasteiger partial charge in [0.05, 0.1) is 0 Å². The predicted molar refractivity (Wildman–Crippen MR) is 6.41 cm³/mol. The molecule has 35 valence electrons. The molecule has 0 N–H and O–H groups in total. The fourth-order valence-electron chi connectivity index (χ4n) is 0. The number of hydrogen-bond donors (Lipinski definition) is 0. The van der Waals surface area contributed by atoms with Gasteiger partial charge in [0, 0.05) is 294 Å². The van der Waals surface area contributed by atoms with Crippen molar-refractivity contribution in [3.8, 4) is 0 Å². The van der Waals surface area contributed by atoms with Crippen molar-refractivity contribution in [2.75, 3.05) is 0 Å². The molecule has 0 fully saturated rings. The van der Waals surface area contributed by atoms with Gasteiger partial charge in [0.25, 0.3) is 0 Å². The second-order valence-corrected chi connectivity index (χ2v) is 0. The van der Waals surface area contributed by atoms with Crippen molar-refractivity contribution in [3.05, 3.63) is 7.43 Å². The van der Waals surface area contributed by atoms with E-state index in [4.69, 9.17) is 0 Å². The van der Waals surface area contributed by atoms with Crippen LogP contribution in [-0.2, 0) is 294 Å². The molecule has 0 bridgehead atoms. The second kappa shape index (κ2) is 61.7. The first-order chi connectivity index (χ1) is 0. The Morgan fingerprint density at radius 2 is 0.200 bits per heavy atom. The van der Waals surface area contributed by atoms with Crippen molar-refractivity contribution in [2.24, 2.45) is 0 Å². The molecule has 0 aliphatic rings. The molecule has 0 aromatic rings. The third kappa shape index (κ3) is 52.1. The molecule has 0 spiro atoms. The molecule has 0 nitrogen and oxygen atoms in total. The van der Waals surface area contributed by atoms with E-state index in [1.807, 2.05) is 0 Å². The van der Waals surface area contributed by atoms with Crippen molar-refractivity contribution in [2.45, 2.75) is 0 Å². The summed E-state index contributed by atoms with van der Waals surface area (Å²) in [5, 5.41) is 0. The van der Waals surface area contributed by atoms with Crippen molar-refractivity contribution in [3.63, 3.8) is 0 Å². The summed E-state index contributed by atoms with van der Waals surface area (Å²) in [5.74, 6) is 0. The van der Waals surface area contributed by atoms with Crippen molar-refractivity contribution in [1.82, 2.24) is 0 Å². The van der Waals surface area contributed by atoms with Gasteiger partial charge in [0.15, 0.2) is 0 Å². The molecule has 0 unspecified atom stereocenters. The minimum atomic E-state index is 0. The Hall–Kier alpha value is 9.94. The maximum atomic E-state index is 0. The van der Waals surface area contributed by atoms with Crippen LogP contribution in [0.15, 0.2) is 0 Å². The first kappa shape index (κ1) is 72.4. The largest absolute Gasteiger partial charge is 0.358 e. The van der Waals surface area contributed by atoms with Crippen molar-refractivity contribution >= 4 is 0 Å². The summed E-state index contributed by atoms with van der Waals surface area (Å²) in [6, 6.07) is 0. The minimum absolute atomic E-state index is 0. The van der Waals surface area contributed by atoms with Crippen LogP contribution < -0.4 is 0 Å². The van der Waals surface area contributed by atoms with Gasteiger partial charge in [-0.1, -0.05) is 0 Å². The first-order valence-electron chi connectivity index (χ1n) is 0. The molecule has 0 aromatic heterocycles. The zero-order valence-electron chi connectivity index (χ0n) is 6.20. The van der Waals surface area contributed by atoms with Crippen LogP contribution in [0, 0.1) is 7.43 Å². The summed E-state index contributed by atoms with van der Waals surface area (Å²) in [7, 11) is 0. The van der Waals surface area contributed by atoms with Gasteiger partial charge in [-0.15, -0.1) is 0 Å². The molecule has 0 aliphatic heterocycles. The van der Waals surface area contributed by atoms with Gasteiger partial charge < -0.3 is 7.43 Å². The van der Waals surface area contributed by atoms with Crippen LogP contribution in [0.4, 0.5) is 0 Å². The summed E-state index contributed by atoms with van der Waals surface area (Å²) in [6.45, 7) is 0. The summed E-state index contributed by atoms with van der Waals surface area (Å²) >= 11 is 0. The van der Waals surface area contributed by atoms with Crippen LogP contribution in [0.3, 0.4) is 0 Å². The Balaban J connectivity index is 0. The van der Waals surface area contributed by atoms with Gasteiger partial charge in [-0.2, -0.15) is 0 Å². The Kier molecular flexibility index (Phi) is 447. The molecule has 9 radical (unpaired) electrons. The molecule has 0 rings (SSSR count). The van der Waals surface area contributed by atoms with E-state index < -0.39 is 0 Å². The van der Waals surface area contributed by atoms with Gasteiger partial charge in [0.2, 0.25) is 0 Å². The predicted octanol–water partition coefficient (Wildman–Crippen LogP) is 0.428. The van der Waals surface area contributed by atoms with E-state index in [1.165, 1.54) is 0 Å². The molecule has 9 heteroatoms. The molecule has 0 saturated heterocycles. The van der Waals surface area contributed by atoms with Gasteiger partial charge in [-0.05, 0) is 0 Å². The minimum Gasteiger partial charge on any atom is -0.358 e. The Labute approximate surface area is 291 Å². The average molecular weight is 815 g/mol. The first-order valence-corrected chi connectivity index (χ1v) is 0. The van der Waals surface area contributed by atoms with E-state index in [9.17, 15) is 0 Å². The SMILES string of the molecule is [CH3-].[Y].[Y].[Y].[Y].[Y].[Y].[Y].[Y].[Y]. The van der Waals surface area contributed by atoms with Gasteiger partial charge in [-0.25, -0.2) is 0 Å². The number of rotatable bonds is 0. The van der Waals surface area contributed by atoms with Crippen LogP contribution in [0.25, 0.3) is 0 Å². The Bertz CT molecular complexity index is 4.69. The number of hydrogen-bond acceptors (Lipinski definition) is 0. The fourth-order valence-corrected chi connectivity index (χ4v) is 0. The van der Waals surface area contributed by atoms with Crippen LogP contribution in [0.1, 0.15) is 0 Å². The standard InChI is InChI=1S/CH3.9Y/h1H3;;;;;;;;;/q-1;;;;;;;;;. The molecular formula is CH3Y9-. The molecule has 0 saturated carbocycles. The van der Waals surface area contributed by atoms with Crippen LogP contribution in [0.2, 0.25) is 0 Å². The summed E-state index contributed by atoms with van der Waals surface area (Å²) < 4.78 is 0. The normalized spacial score (nSPS) is 0. The second-order valence-electron chi connectivity index (χ2n) is 0. The monoisotopic (exact) mass is 815 g/mol. The topological polar surface area (TPSA) is 0 Å². The third-order valence-electron chi connectivity index (χ3n) is 0. The molecular weight excluding hydrogens is 812 g/mol. The van der Waals surface area contributed by atoms with Crippen LogP contribution in [0.5, 0.6) is 0 Å². The maximum absolute atomic E-state index is 0. The Morgan fingerprint density at radius 1 is 0.200 bits per heavy atom. The summed E-state index contributed by atoms with van der Waals surface area (Å²) in [6.07, 6.45) is 0. The van der Waals surface area contributed by atoms with E-state index in [2.05, 4.69) is 0 Å². The Morgan fingerprint density at radius 3 is 0.200 bits per heavy atom. The fraction of sp³-hybridized carbons (Fsp3) is 0. The van der Waals surface area contributed by atoms with E-state index >= 15 is 0 Å². The smallest absolute Gasteiger partial charge is 0 e. The third-order valence-corrected chi connectivity index (χ3v) is 0. The zero-order valence-corrected chi connectivity index (χ0v) is 31.7. The van der Waals surface area contributed by atoms with Gasteiger partial charge in [0.1, 0.15) is 0 Å². The van der Waals surface area contributed by atoms with E-state index in [-0.39, 0.29) is 302 Å². The van der Waals surface area contributed by atoms with E-state index in [0.29, 0.717) is 0 Å². The van der Waals surface area contributed by atoms with E-state index in [1.54, 1.807) is 0 Å². The zero-order chi connectivity index (χ0) is 0. The van der Waals surface area contributed by atoms with Gasteiger partial charge >= 0.3 is 0 Å². The van der Waals surface area contributed by atoms with Crippen LogP contribution in [-0.4, -0.2) is 0 Å². The maximum Gasteiger partial charge on any atom is 0 e. The molecule has 0 aliphatic carbocycles. The summed E-state index contributed by atoms with van der Waals surface area (Å²) in [5.41, 5.74) is 0. The van der Waals surface area contributed by atoms with E-state index in [0.717, 1.165) is 0 Å². The van der Waals surface area contributed by atoms with Crippen molar-refractivity contribution < 1.29 is 294 Å². The van der Waals surface area contributed by atoms with Crippen LogP contribution >= 0.6 is 0 Å².